The first-order valence-electron chi connectivity index (χ1n) is 5.41. The monoisotopic (exact) mass is 265 g/mol. The quantitative estimate of drug-likeness (QED) is 0.895. The number of rotatable bonds is 3. The van der Waals surface area contributed by atoms with Crippen molar-refractivity contribution in [1.29, 1.82) is 0 Å². The van der Waals surface area contributed by atoms with Crippen LogP contribution in [0.15, 0.2) is 41.0 Å². The first-order valence-corrected chi connectivity index (χ1v) is 5.78. The first-order chi connectivity index (χ1) is 8.59. The van der Waals surface area contributed by atoms with Crippen LogP contribution in [0.1, 0.15) is 28.9 Å². The second-order valence-electron chi connectivity index (χ2n) is 3.83. The van der Waals surface area contributed by atoms with Crippen LogP contribution < -0.4 is 5.32 Å². The molecule has 18 heavy (non-hydrogen) atoms. The Hall–Kier alpha value is -1.78. The Morgan fingerprint density at radius 3 is 2.72 bits per heavy atom. The van der Waals surface area contributed by atoms with Crippen LogP contribution in [-0.4, -0.2) is 11.0 Å². The number of benzene rings is 1. The number of hydrogen-bond acceptors (Lipinski definition) is 3. The molecule has 0 radical (unpaired) electrons. The van der Waals surface area contributed by atoms with E-state index < -0.39 is 6.10 Å². The van der Waals surface area contributed by atoms with Crippen LogP contribution in [0.5, 0.6) is 0 Å². The molecule has 1 aromatic heterocycles. The number of carbonyl (C=O) groups excluding carboxylic acids is 1. The molecular formula is C13H12ClNO3. The lowest BCUT2D eigenvalue weighted by molar-refractivity contribution is 0.102. The minimum absolute atomic E-state index is 0.0435. The van der Waals surface area contributed by atoms with E-state index in [2.05, 4.69) is 5.32 Å². The molecule has 1 amide bonds. The van der Waals surface area contributed by atoms with Gasteiger partial charge in [0.05, 0.1) is 17.9 Å². The molecule has 2 N–H and O–H groups in total. The summed E-state index contributed by atoms with van der Waals surface area (Å²) in [4.78, 5) is 11.9. The highest BCUT2D eigenvalue weighted by molar-refractivity contribution is 6.32. The molecule has 0 aliphatic carbocycles. The zero-order valence-electron chi connectivity index (χ0n) is 9.68. The number of carbonyl (C=O) groups is 1. The maximum absolute atomic E-state index is 11.9. The van der Waals surface area contributed by atoms with Crippen LogP contribution >= 0.6 is 11.6 Å². The van der Waals surface area contributed by atoms with E-state index in [1.807, 2.05) is 0 Å². The van der Waals surface area contributed by atoms with Crippen LogP contribution in [0, 0.1) is 0 Å². The highest BCUT2D eigenvalue weighted by atomic mass is 35.5. The van der Waals surface area contributed by atoms with E-state index >= 15 is 0 Å². The van der Waals surface area contributed by atoms with Crippen molar-refractivity contribution in [2.75, 3.05) is 5.32 Å². The number of furan rings is 1. The molecule has 1 heterocycles. The largest absolute Gasteiger partial charge is 0.452 e. The minimum atomic E-state index is -0.665. The van der Waals surface area contributed by atoms with Gasteiger partial charge in [-0.3, -0.25) is 4.79 Å². The Balaban J connectivity index is 2.25. The summed E-state index contributed by atoms with van der Waals surface area (Å²) in [6.07, 6.45) is 0.680. The summed E-state index contributed by atoms with van der Waals surface area (Å²) in [6.45, 7) is 1.63. The van der Waals surface area contributed by atoms with Crippen LogP contribution in [0.4, 0.5) is 5.69 Å². The van der Waals surface area contributed by atoms with Crippen LogP contribution in [0.3, 0.4) is 0 Å². The Morgan fingerprint density at radius 1 is 1.39 bits per heavy atom. The molecule has 0 aliphatic heterocycles. The molecule has 1 unspecified atom stereocenters. The first kappa shape index (κ1) is 12.7. The average molecular weight is 266 g/mol. The van der Waals surface area contributed by atoms with E-state index in [-0.39, 0.29) is 16.7 Å². The summed E-state index contributed by atoms with van der Waals surface area (Å²) in [5.74, 6) is -0.373. The fraction of sp³-hybridized carbons (Fsp3) is 0.154. The SMILES string of the molecule is CC(O)c1ccccc1NC(=O)c1ccoc1Cl. The molecule has 0 fully saturated rings. The molecule has 5 heteroatoms. The Bertz CT molecular complexity index is 563. The molecule has 4 nitrogen and oxygen atoms in total. The number of aliphatic hydroxyl groups excluding tert-OH is 1. The summed E-state index contributed by atoms with van der Waals surface area (Å²) < 4.78 is 4.86. The van der Waals surface area contributed by atoms with Crippen molar-refractivity contribution in [2.45, 2.75) is 13.0 Å². The fourth-order valence-corrected chi connectivity index (χ4v) is 1.82. The summed E-state index contributed by atoms with van der Waals surface area (Å²) in [5, 5.41) is 12.3. The normalized spacial score (nSPS) is 12.2. The summed E-state index contributed by atoms with van der Waals surface area (Å²) in [7, 11) is 0. The predicted octanol–water partition coefficient (Wildman–Crippen LogP) is 3.24. The van der Waals surface area contributed by atoms with Crippen molar-refractivity contribution in [3.63, 3.8) is 0 Å². The highest BCUT2D eigenvalue weighted by Gasteiger charge is 2.15. The van der Waals surface area contributed by atoms with Gasteiger partial charge < -0.3 is 14.8 Å². The number of aliphatic hydroxyl groups is 1. The van der Waals surface area contributed by atoms with Gasteiger partial charge in [-0.15, -0.1) is 0 Å². The van der Waals surface area contributed by atoms with Crippen LogP contribution in [0.2, 0.25) is 5.22 Å². The standard InChI is InChI=1S/C13H12ClNO3/c1-8(16)9-4-2-3-5-11(9)15-13(17)10-6-7-18-12(10)14/h2-8,16H,1H3,(H,15,17). The number of hydrogen-bond donors (Lipinski definition) is 2. The number of amides is 1. The lowest BCUT2D eigenvalue weighted by atomic mass is 10.1. The summed E-state index contributed by atoms with van der Waals surface area (Å²) in [5.41, 5.74) is 1.46. The molecule has 0 saturated heterocycles. The molecular weight excluding hydrogens is 254 g/mol. The van der Waals surface area contributed by atoms with E-state index in [0.29, 0.717) is 11.3 Å². The Labute approximate surface area is 109 Å². The maximum Gasteiger partial charge on any atom is 0.260 e. The molecule has 2 aromatic rings. The highest BCUT2D eigenvalue weighted by Crippen LogP contribution is 2.24. The fourth-order valence-electron chi connectivity index (χ4n) is 1.62. The van der Waals surface area contributed by atoms with Crippen molar-refractivity contribution < 1.29 is 14.3 Å². The molecule has 0 aliphatic rings. The van der Waals surface area contributed by atoms with Gasteiger partial charge in [0.15, 0.2) is 0 Å². The second-order valence-corrected chi connectivity index (χ2v) is 4.17. The number of halogens is 1. The van der Waals surface area contributed by atoms with E-state index in [0.717, 1.165) is 0 Å². The Kier molecular flexibility index (Phi) is 3.69. The predicted molar refractivity (Wildman–Crippen MR) is 68.7 cm³/mol. The van der Waals surface area contributed by atoms with Gasteiger partial charge in [0, 0.05) is 11.3 Å². The number of anilines is 1. The maximum atomic E-state index is 11.9. The van der Waals surface area contributed by atoms with Crippen molar-refractivity contribution in [2.24, 2.45) is 0 Å². The van der Waals surface area contributed by atoms with Crippen molar-refractivity contribution in [3.05, 3.63) is 52.9 Å². The molecule has 0 bridgehead atoms. The average Bonchev–Trinajstić information content (AvgIpc) is 2.76. The van der Waals surface area contributed by atoms with E-state index in [1.165, 1.54) is 12.3 Å². The lowest BCUT2D eigenvalue weighted by Gasteiger charge is -2.12. The van der Waals surface area contributed by atoms with E-state index in [4.69, 9.17) is 16.0 Å². The molecule has 1 aromatic carbocycles. The summed E-state index contributed by atoms with van der Waals surface area (Å²) in [6, 6.07) is 8.52. The molecule has 94 valence electrons. The third kappa shape index (κ3) is 2.55. The van der Waals surface area contributed by atoms with Gasteiger partial charge in [0.25, 0.3) is 5.91 Å². The van der Waals surface area contributed by atoms with Gasteiger partial charge in [0.2, 0.25) is 5.22 Å². The summed E-state index contributed by atoms with van der Waals surface area (Å²) >= 11 is 5.73. The topological polar surface area (TPSA) is 62.5 Å². The molecule has 0 saturated carbocycles. The van der Waals surface area contributed by atoms with Crippen LogP contribution in [-0.2, 0) is 0 Å². The van der Waals surface area contributed by atoms with Gasteiger partial charge in [-0.25, -0.2) is 0 Å². The van der Waals surface area contributed by atoms with Gasteiger partial charge in [-0.1, -0.05) is 18.2 Å². The number of para-hydroxylation sites is 1. The van der Waals surface area contributed by atoms with Crippen molar-refractivity contribution in [3.8, 4) is 0 Å². The van der Waals surface area contributed by atoms with E-state index in [9.17, 15) is 9.90 Å². The van der Waals surface area contributed by atoms with E-state index in [1.54, 1.807) is 31.2 Å². The molecule has 1 atom stereocenters. The zero-order chi connectivity index (χ0) is 13.1. The van der Waals surface area contributed by atoms with Gasteiger partial charge in [-0.2, -0.15) is 0 Å². The van der Waals surface area contributed by atoms with Crippen LogP contribution in [0.25, 0.3) is 0 Å². The Morgan fingerprint density at radius 2 is 2.11 bits per heavy atom. The van der Waals surface area contributed by atoms with Crippen molar-refractivity contribution >= 4 is 23.2 Å². The van der Waals surface area contributed by atoms with Gasteiger partial charge in [0.1, 0.15) is 0 Å². The zero-order valence-corrected chi connectivity index (χ0v) is 10.4. The van der Waals surface area contributed by atoms with Gasteiger partial charge >= 0.3 is 0 Å². The third-order valence-corrected chi connectivity index (χ3v) is 2.81. The lowest BCUT2D eigenvalue weighted by Crippen LogP contribution is -2.13. The minimum Gasteiger partial charge on any atom is -0.452 e. The van der Waals surface area contributed by atoms with Crippen molar-refractivity contribution in [1.82, 2.24) is 0 Å². The second kappa shape index (κ2) is 5.25. The third-order valence-electron chi connectivity index (χ3n) is 2.52. The van der Waals surface area contributed by atoms with Gasteiger partial charge in [-0.05, 0) is 30.7 Å². The molecule has 2 rings (SSSR count). The smallest absolute Gasteiger partial charge is 0.260 e. The molecule has 0 spiro atoms. The number of nitrogens with one attached hydrogen (secondary N) is 1.